The van der Waals surface area contributed by atoms with Gasteiger partial charge < -0.3 is 21.3 Å². The Balaban J connectivity index is 0.000000181. The van der Waals surface area contributed by atoms with Gasteiger partial charge in [0.1, 0.15) is 11.6 Å². The molecule has 4 N–H and O–H groups in total. The second-order valence-electron chi connectivity index (χ2n) is 17.3. The highest BCUT2D eigenvalue weighted by molar-refractivity contribution is 6.33. The minimum Gasteiger partial charge on any atom is -0.354 e. The molecule has 2 saturated carbocycles. The molecular formula is C44H56Cl2N10O4. The third-order valence-electron chi connectivity index (χ3n) is 12.3. The lowest BCUT2D eigenvalue weighted by atomic mass is 9.85. The van der Waals surface area contributed by atoms with Gasteiger partial charge in [0.25, 0.3) is 0 Å². The lowest BCUT2D eigenvalue weighted by Crippen LogP contribution is -2.40. The number of fused-ring (bicyclic) bond motifs is 2. The molecule has 0 bridgehead atoms. The third-order valence-corrected chi connectivity index (χ3v) is 12.9. The first-order valence-corrected chi connectivity index (χ1v) is 22.1. The third kappa shape index (κ3) is 10.5. The first-order chi connectivity index (χ1) is 28.8. The number of amides is 4. The first kappa shape index (κ1) is 43.3. The molecular weight excluding hydrogens is 803 g/mol. The monoisotopic (exact) mass is 858 g/mol. The van der Waals surface area contributed by atoms with Gasteiger partial charge in [-0.1, -0.05) is 49.9 Å². The van der Waals surface area contributed by atoms with Crippen molar-refractivity contribution in [2.75, 3.05) is 10.6 Å². The van der Waals surface area contributed by atoms with Gasteiger partial charge in [-0.3, -0.25) is 28.5 Å². The van der Waals surface area contributed by atoms with E-state index in [1.165, 1.54) is 25.2 Å². The van der Waals surface area contributed by atoms with E-state index in [9.17, 15) is 19.2 Å². The van der Waals surface area contributed by atoms with Crippen LogP contribution in [0.2, 0.25) is 10.0 Å². The quantitative estimate of drug-likeness (QED) is 0.140. The summed E-state index contributed by atoms with van der Waals surface area (Å²) in [5, 5.41) is 21.9. The molecule has 4 aromatic heterocycles. The molecule has 6 heterocycles. The summed E-state index contributed by atoms with van der Waals surface area (Å²) in [6, 6.07) is 3.79. The van der Waals surface area contributed by atoms with E-state index in [1.807, 2.05) is 24.5 Å². The summed E-state index contributed by atoms with van der Waals surface area (Å²) in [5.41, 5.74) is 6.07. The van der Waals surface area contributed by atoms with Crippen LogP contribution in [0.5, 0.6) is 0 Å². The minimum atomic E-state index is -0.137. The summed E-state index contributed by atoms with van der Waals surface area (Å²) in [7, 11) is 0. The molecule has 16 heteroatoms. The highest BCUT2D eigenvalue weighted by Gasteiger charge is 2.30. The molecule has 60 heavy (non-hydrogen) atoms. The summed E-state index contributed by atoms with van der Waals surface area (Å²) in [4.78, 5) is 57.0. The van der Waals surface area contributed by atoms with Gasteiger partial charge in [-0.05, 0) is 88.2 Å². The molecule has 0 spiro atoms. The van der Waals surface area contributed by atoms with E-state index >= 15 is 0 Å². The van der Waals surface area contributed by atoms with E-state index in [0.29, 0.717) is 46.4 Å². The summed E-state index contributed by atoms with van der Waals surface area (Å²) >= 11 is 12.9. The van der Waals surface area contributed by atoms with Crippen molar-refractivity contribution in [2.24, 2.45) is 23.7 Å². The van der Waals surface area contributed by atoms with E-state index in [2.05, 4.69) is 64.6 Å². The topological polar surface area (TPSA) is 178 Å². The number of rotatable bonds is 8. The molecule has 2 fully saturated rings. The van der Waals surface area contributed by atoms with E-state index in [4.69, 9.17) is 23.2 Å². The molecule has 14 nitrogen and oxygen atoms in total. The highest BCUT2D eigenvalue weighted by Crippen LogP contribution is 2.37. The van der Waals surface area contributed by atoms with Gasteiger partial charge in [0.2, 0.25) is 23.6 Å². The largest absolute Gasteiger partial charge is 0.354 e. The fourth-order valence-electron chi connectivity index (χ4n) is 9.23. The van der Waals surface area contributed by atoms with Crippen LogP contribution in [0.15, 0.2) is 36.9 Å². The van der Waals surface area contributed by atoms with Gasteiger partial charge >= 0.3 is 0 Å². The number of nitrogens with zero attached hydrogens (tertiary/aromatic N) is 6. The number of carbonyl (C=O) groups is 4. The zero-order valence-corrected chi connectivity index (χ0v) is 36.4. The van der Waals surface area contributed by atoms with Crippen molar-refractivity contribution >= 4 is 58.5 Å². The Morgan fingerprint density at radius 2 is 1.02 bits per heavy atom. The number of hydrogen-bond acceptors (Lipinski definition) is 8. The van der Waals surface area contributed by atoms with Crippen LogP contribution >= 0.6 is 23.2 Å². The number of aromatic nitrogens is 6. The molecule has 4 aromatic rings. The second kappa shape index (κ2) is 19.3. The molecule has 2 aliphatic carbocycles. The van der Waals surface area contributed by atoms with Crippen molar-refractivity contribution in [1.29, 1.82) is 0 Å². The molecule has 0 radical (unpaired) electrons. The number of pyridine rings is 2. The van der Waals surface area contributed by atoms with Crippen LogP contribution in [0.25, 0.3) is 22.3 Å². The van der Waals surface area contributed by atoms with Crippen LogP contribution in [0, 0.1) is 23.7 Å². The lowest BCUT2D eigenvalue weighted by molar-refractivity contribution is -0.123. The van der Waals surface area contributed by atoms with Crippen LogP contribution in [0.3, 0.4) is 0 Å². The van der Waals surface area contributed by atoms with Crippen molar-refractivity contribution in [3.05, 3.63) is 58.4 Å². The van der Waals surface area contributed by atoms with E-state index in [-0.39, 0.29) is 47.5 Å². The Kier molecular flexibility index (Phi) is 13.9. The molecule has 0 saturated heterocycles. The number of anilines is 2. The Bertz CT molecular complexity index is 2070. The Hall–Kier alpha value is -4.82. The van der Waals surface area contributed by atoms with Crippen LogP contribution in [-0.2, 0) is 45.1 Å². The zero-order chi connectivity index (χ0) is 42.5. The lowest BCUT2D eigenvalue weighted by Gasteiger charge is -2.28. The van der Waals surface area contributed by atoms with Gasteiger partial charge in [-0.15, -0.1) is 0 Å². The highest BCUT2D eigenvalue weighted by atomic mass is 35.5. The van der Waals surface area contributed by atoms with Gasteiger partial charge in [-0.25, -0.2) is 9.97 Å². The summed E-state index contributed by atoms with van der Waals surface area (Å²) < 4.78 is 4.12. The molecule has 320 valence electrons. The molecule has 6 atom stereocenters. The maximum absolute atomic E-state index is 12.8. The SMILES string of the molecule is CC(=O)N[C@@H]1CCC[C@H](C(=O)Nc2cc(-c3cnn4c3CCC(C)C4)c(Cl)cn2)C1.CC(=O)N[C@@H]1CCC[C@H](C(=O)Nc2cc(-c3cnn4c3CCC(C)C4)c(Cl)cn2)C1. The van der Waals surface area contributed by atoms with Crippen molar-refractivity contribution < 1.29 is 19.2 Å². The second-order valence-corrected chi connectivity index (χ2v) is 18.1. The van der Waals surface area contributed by atoms with Crippen LogP contribution < -0.4 is 21.3 Å². The normalized spacial score (nSPS) is 23.5. The van der Waals surface area contributed by atoms with Crippen LogP contribution in [-0.4, -0.2) is 65.2 Å². The number of nitrogens with one attached hydrogen (secondary N) is 4. The molecule has 2 unspecified atom stereocenters. The van der Waals surface area contributed by atoms with Gasteiger partial charge in [0.05, 0.1) is 22.4 Å². The number of halogens is 2. The molecule has 2 aliphatic heterocycles. The predicted octanol–water partition coefficient (Wildman–Crippen LogP) is 7.63. The van der Waals surface area contributed by atoms with E-state index in [0.717, 1.165) is 99.6 Å². The first-order valence-electron chi connectivity index (χ1n) is 21.4. The minimum absolute atomic E-state index is 0.0519. The average Bonchev–Trinajstić information content (AvgIpc) is 3.83. The van der Waals surface area contributed by atoms with E-state index in [1.54, 1.807) is 12.4 Å². The number of hydrogen-bond donors (Lipinski definition) is 4. The van der Waals surface area contributed by atoms with Crippen molar-refractivity contribution in [2.45, 2.75) is 130 Å². The summed E-state index contributed by atoms with van der Waals surface area (Å²) in [6.45, 7) is 9.33. The Morgan fingerprint density at radius 3 is 1.42 bits per heavy atom. The smallest absolute Gasteiger partial charge is 0.228 e. The maximum atomic E-state index is 12.8. The Labute approximate surface area is 361 Å². The van der Waals surface area contributed by atoms with Crippen molar-refractivity contribution in [1.82, 2.24) is 40.2 Å². The van der Waals surface area contributed by atoms with Gasteiger partial charge in [0, 0.05) is 96.9 Å². The van der Waals surface area contributed by atoms with Crippen molar-refractivity contribution in [3.63, 3.8) is 0 Å². The fraction of sp³-hybridized carbons (Fsp3) is 0.545. The molecule has 4 aliphatic rings. The maximum Gasteiger partial charge on any atom is 0.228 e. The van der Waals surface area contributed by atoms with Gasteiger partial charge in [-0.2, -0.15) is 10.2 Å². The number of carbonyl (C=O) groups excluding carboxylic acids is 4. The van der Waals surface area contributed by atoms with Crippen LogP contribution in [0.1, 0.15) is 103 Å². The molecule has 8 rings (SSSR count). The summed E-state index contributed by atoms with van der Waals surface area (Å²) in [5.74, 6) is 1.72. The predicted molar refractivity (Wildman–Crippen MR) is 232 cm³/mol. The van der Waals surface area contributed by atoms with Crippen molar-refractivity contribution in [3.8, 4) is 22.3 Å². The fourth-order valence-corrected chi connectivity index (χ4v) is 9.64. The summed E-state index contributed by atoms with van der Waals surface area (Å²) in [6.07, 6.45) is 17.7. The van der Waals surface area contributed by atoms with Crippen LogP contribution in [0.4, 0.5) is 11.6 Å². The Morgan fingerprint density at radius 1 is 0.600 bits per heavy atom. The molecule has 4 amide bonds. The average molecular weight is 860 g/mol. The zero-order valence-electron chi connectivity index (χ0n) is 34.9. The molecule has 0 aromatic carbocycles. The van der Waals surface area contributed by atoms with Gasteiger partial charge in [0.15, 0.2) is 0 Å². The van der Waals surface area contributed by atoms with E-state index < -0.39 is 0 Å². The standard InChI is InChI=1S/2C22H28ClN5O2/c2*1-13-6-7-20-18(10-25-28(20)12-13)17-9-21(24-11-19(17)23)27-22(30)15-4-3-5-16(8-15)26-14(2)29/h2*9-11,13,15-16H,3-8,12H2,1-2H3,(H,26,29)(H,24,27,30)/t2*13?,15-,16+/m00/s1.